The van der Waals surface area contributed by atoms with E-state index in [4.69, 9.17) is 14.6 Å². The van der Waals surface area contributed by atoms with Crippen LogP contribution in [-0.2, 0) is 19.5 Å². The summed E-state index contributed by atoms with van der Waals surface area (Å²) in [5, 5.41) is 5.12. The first-order valence-electron chi connectivity index (χ1n) is 12.8. The van der Waals surface area contributed by atoms with Gasteiger partial charge in [0.15, 0.2) is 0 Å². The molecule has 0 bridgehead atoms. The molecule has 36 heavy (non-hydrogen) atoms. The number of nitrogens with zero attached hydrogens (tertiary/aromatic N) is 4. The molecule has 0 fully saturated rings. The summed E-state index contributed by atoms with van der Waals surface area (Å²) in [6.07, 6.45) is 2.02. The maximum Gasteiger partial charge on any atom is 0.257 e. The number of benzene rings is 2. The molecule has 0 saturated carbocycles. The van der Waals surface area contributed by atoms with Crippen LogP contribution in [-0.4, -0.2) is 59.3 Å². The number of rotatable bonds is 10. The predicted molar refractivity (Wildman–Crippen MR) is 142 cm³/mol. The number of fused-ring (bicyclic) bond motifs is 1. The Morgan fingerprint density at radius 1 is 1.06 bits per heavy atom. The number of carbonyl (C=O) groups excluding carboxylic acids is 1. The highest BCUT2D eigenvalue weighted by Gasteiger charge is 2.29. The third-order valence-corrected chi connectivity index (χ3v) is 6.62. The Balaban J connectivity index is 1.76. The molecule has 0 aliphatic carbocycles. The second-order valence-electron chi connectivity index (χ2n) is 9.76. The smallest absolute Gasteiger partial charge is 0.257 e. The molecule has 0 N–H and O–H groups in total. The summed E-state index contributed by atoms with van der Waals surface area (Å²) in [5.41, 5.74) is 4.88. The van der Waals surface area contributed by atoms with Crippen LogP contribution in [0.5, 0.6) is 11.5 Å². The Labute approximate surface area is 214 Å². The summed E-state index contributed by atoms with van der Waals surface area (Å²) in [6.45, 7) is 10.4. The van der Waals surface area contributed by atoms with Gasteiger partial charge >= 0.3 is 0 Å². The maximum atomic E-state index is 13.8. The summed E-state index contributed by atoms with van der Waals surface area (Å²) in [6, 6.07) is 15.4. The number of hydrogen-bond donors (Lipinski definition) is 0. The fraction of sp³-hybridized carbons (Fsp3) is 0.448. The second-order valence-corrected chi connectivity index (χ2v) is 9.76. The number of hydrogen-bond acceptors (Lipinski definition) is 5. The summed E-state index contributed by atoms with van der Waals surface area (Å²) >= 11 is 0. The van der Waals surface area contributed by atoms with Crippen LogP contribution in [0.25, 0.3) is 5.69 Å². The Hall–Kier alpha value is -3.32. The van der Waals surface area contributed by atoms with Gasteiger partial charge in [-0.2, -0.15) is 5.10 Å². The normalized spacial score (nSPS) is 13.5. The number of para-hydroxylation sites is 3. The van der Waals surface area contributed by atoms with Gasteiger partial charge in [0.1, 0.15) is 17.2 Å². The third kappa shape index (κ3) is 5.41. The lowest BCUT2D eigenvalue weighted by Crippen LogP contribution is -2.35. The minimum atomic E-state index is -0.0389. The van der Waals surface area contributed by atoms with E-state index in [0.717, 1.165) is 49.6 Å². The van der Waals surface area contributed by atoms with Crippen molar-refractivity contribution in [3.05, 3.63) is 71.0 Å². The SMILES string of the molecule is CCCN1CCc2c(c(CN(CC(C)C)C(=O)c3ccccc3OC)nn2-c2ccccc2OC)C1. The van der Waals surface area contributed by atoms with E-state index in [-0.39, 0.29) is 5.91 Å². The summed E-state index contributed by atoms with van der Waals surface area (Å²) in [7, 11) is 3.29. The van der Waals surface area contributed by atoms with Gasteiger partial charge in [-0.1, -0.05) is 45.0 Å². The average molecular weight is 491 g/mol. The molecule has 192 valence electrons. The van der Waals surface area contributed by atoms with E-state index in [9.17, 15) is 4.79 Å². The molecule has 1 aromatic heterocycles. The van der Waals surface area contributed by atoms with Crippen LogP contribution in [0.15, 0.2) is 48.5 Å². The summed E-state index contributed by atoms with van der Waals surface area (Å²) in [4.78, 5) is 18.2. The standard InChI is InChI=1S/C29H38N4O3/c1-6-16-31-17-15-25-23(19-31)24(30-33(25)26-12-8-10-14-28(26)36-5)20-32(18-21(2)3)29(34)22-11-7-9-13-27(22)35-4/h7-14,21H,6,15-20H2,1-5H3. The van der Waals surface area contributed by atoms with Crippen molar-refractivity contribution in [2.24, 2.45) is 5.92 Å². The van der Waals surface area contributed by atoms with Crippen LogP contribution in [0.3, 0.4) is 0 Å². The van der Waals surface area contributed by atoms with Crippen LogP contribution in [0.1, 0.15) is 54.5 Å². The van der Waals surface area contributed by atoms with Crippen molar-refractivity contribution in [1.82, 2.24) is 19.6 Å². The Morgan fingerprint density at radius 2 is 1.75 bits per heavy atom. The average Bonchev–Trinajstić information content (AvgIpc) is 3.25. The Kier molecular flexibility index (Phi) is 8.31. The Bertz CT molecular complexity index is 1190. The van der Waals surface area contributed by atoms with Gasteiger partial charge in [0, 0.05) is 31.6 Å². The zero-order valence-corrected chi connectivity index (χ0v) is 22.2. The lowest BCUT2D eigenvalue weighted by atomic mass is 10.0. The van der Waals surface area contributed by atoms with Crippen molar-refractivity contribution >= 4 is 5.91 Å². The number of methoxy groups -OCH3 is 2. The molecule has 1 aliphatic heterocycles. The van der Waals surface area contributed by atoms with Crippen LogP contribution < -0.4 is 9.47 Å². The molecular weight excluding hydrogens is 452 g/mol. The first kappa shape index (κ1) is 25.8. The minimum Gasteiger partial charge on any atom is -0.496 e. The molecular formula is C29H38N4O3. The van der Waals surface area contributed by atoms with Crippen molar-refractivity contribution in [2.45, 2.75) is 46.7 Å². The molecule has 1 amide bonds. The second kappa shape index (κ2) is 11.6. The maximum absolute atomic E-state index is 13.8. The first-order chi connectivity index (χ1) is 17.5. The summed E-state index contributed by atoms with van der Waals surface area (Å²) < 4.78 is 13.2. The van der Waals surface area contributed by atoms with E-state index in [1.54, 1.807) is 14.2 Å². The molecule has 0 spiro atoms. The topological polar surface area (TPSA) is 59.8 Å². The molecule has 0 atom stereocenters. The predicted octanol–water partition coefficient (Wildman–Crippen LogP) is 4.96. The molecule has 7 heteroatoms. The largest absolute Gasteiger partial charge is 0.496 e. The van der Waals surface area contributed by atoms with Gasteiger partial charge in [0.25, 0.3) is 5.91 Å². The highest BCUT2D eigenvalue weighted by atomic mass is 16.5. The molecule has 2 aromatic carbocycles. The van der Waals surface area contributed by atoms with Gasteiger partial charge < -0.3 is 14.4 Å². The van der Waals surface area contributed by atoms with E-state index in [1.165, 1.54) is 11.3 Å². The van der Waals surface area contributed by atoms with Crippen LogP contribution in [0.4, 0.5) is 0 Å². The first-order valence-corrected chi connectivity index (χ1v) is 12.8. The molecule has 1 aliphatic rings. The van der Waals surface area contributed by atoms with Crippen molar-refractivity contribution < 1.29 is 14.3 Å². The van der Waals surface area contributed by atoms with Crippen molar-refractivity contribution in [1.29, 1.82) is 0 Å². The van der Waals surface area contributed by atoms with E-state index >= 15 is 0 Å². The molecule has 3 aromatic rings. The van der Waals surface area contributed by atoms with E-state index < -0.39 is 0 Å². The van der Waals surface area contributed by atoms with Gasteiger partial charge in [0.05, 0.1) is 37.7 Å². The molecule has 7 nitrogen and oxygen atoms in total. The van der Waals surface area contributed by atoms with Gasteiger partial charge in [-0.25, -0.2) is 4.68 Å². The highest BCUT2D eigenvalue weighted by Crippen LogP contribution is 2.31. The fourth-order valence-electron chi connectivity index (χ4n) is 5.01. The monoisotopic (exact) mass is 490 g/mol. The minimum absolute atomic E-state index is 0.0389. The van der Waals surface area contributed by atoms with E-state index in [0.29, 0.717) is 30.3 Å². The quantitative estimate of drug-likeness (QED) is 0.402. The highest BCUT2D eigenvalue weighted by molar-refractivity contribution is 5.97. The number of ether oxygens (including phenoxy) is 2. The molecule has 0 saturated heterocycles. The Morgan fingerprint density at radius 3 is 2.44 bits per heavy atom. The van der Waals surface area contributed by atoms with Gasteiger partial charge in [-0.3, -0.25) is 9.69 Å². The molecule has 0 radical (unpaired) electrons. The van der Waals surface area contributed by atoms with E-state index in [2.05, 4.69) is 25.7 Å². The summed E-state index contributed by atoms with van der Waals surface area (Å²) in [5.74, 6) is 1.65. The number of aromatic nitrogens is 2. The van der Waals surface area contributed by atoms with Gasteiger partial charge in [-0.05, 0) is 43.1 Å². The molecule has 0 unspecified atom stereocenters. The van der Waals surface area contributed by atoms with Crippen LogP contribution in [0, 0.1) is 5.92 Å². The zero-order chi connectivity index (χ0) is 25.7. The van der Waals surface area contributed by atoms with Crippen molar-refractivity contribution in [2.75, 3.05) is 33.9 Å². The van der Waals surface area contributed by atoms with Crippen LogP contribution in [0.2, 0.25) is 0 Å². The third-order valence-electron chi connectivity index (χ3n) is 6.62. The molecule has 4 rings (SSSR count). The molecule has 2 heterocycles. The lowest BCUT2D eigenvalue weighted by molar-refractivity contribution is 0.0716. The number of carbonyl (C=O) groups is 1. The van der Waals surface area contributed by atoms with Gasteiger partial charge in [-0.15, -0.1) is 0 Å². The fourth-order valence-corrected chi connectivity index (χ4v) is 5.01. The van der Waals surface area contributed by atoms with Crippen molar-refractivity contribution in [3.63, 3.8) is 0 Å². The van der Waals surface area contributed by atoms with Gasteiger partial charge in [0.2, 0.25) is 0 Å². The van der Waals surface area contributed by atoms with Crippen molar-refractivity contribution in [3.8, 4) is 17.2 Å². The van der Waals surface area contributed by atoms with E-state index in [1.807, 2.05) is 58.1 Å². The van der Waals surface area contributed by atoms with Crippen LogP contribution >= 0.6 is 0 Å². The number of amides is 1. The lowest BCUT2D eigenvalue weighted by Gasteiger charge is -2.29. The zero-order valence-electron chi connectivity index (χ0n) is 22.2.